The number of carbonyl (C=O) groups is 1. The monoisotopic (exact) mass is 396 g/mol. The highest BCUT2D eigenvalue weighted by molar-refractivity contribution is 7.89. The summed E-state index contributed by atoms with van der Waals surface area (Å²) in [5.41, 5.74) is 0.545. The number of anilines is 1. The lowest BCUT2D eigenvalue weighted by Crippen LogP contribution is -2.47. The molecule has 0 aliphatic heterocycles. The van der Waals surface area contributed by atoms with Crippen LogP contribution in [0.2, 0.25) is 5.02 Å². The third kappa shape index (κ3) is 5.20. The summed E-state index contributed by atoms with van der Waals surface area (Å²) < 4.78 is 32.7. The summed E-state index contributed by atoms with van der Waals surface area (Å²) in [5, 5.41) is 3.02. The number of methoxy groups -OCH3 is 1. The van der Waals surface area contributed by atoms with Crippen LogP contribution in [0.5, 0.6) is 5.75 Å². The minimum Gasteiger partial charge on any atom is -0.497 e. The minimum absolute atomic E-state index is 0.00731. The van der Waals surface area contributed by atoms with Gasteiger partial charge in [-0.15, -0.1) is 0 Å². The van der Waals surface area contributed by atoms with E-state index in [4.69, 9.17) is 16.3 Å². The van der Waals surface area contributed by atoms with Gasteiger partial charge in [-0.25, -0.2) is 8.42 Å². The van der Waals surface area contributed by atoms with Crippen LogP contribution in [0.15, 0.2) is 53.4 Å². The van der Waals surface area contributed by atoms with Crippen molar-refractivity contribution < 1.29 is 17.9 Å². The minimum atomic E-state index is -3.89. The van der Waals surface area contributed by atoms with Crippen molar-refractivity contribution in [2.45, 2.75) is 24.8 Å². The zero-order chi connectivity index (χ0) is 19.3. The van der Waals surface area contributed by atoms with Crippen LogP contribution in [0.25, 0.3) is 0 Å². The molecule has 0 aromatic heterocycles. The van der Waals surface area contributed by atoms with Gasteiger partial charge in [-0.3, -0.25) is 4.79 Å². The summed E-state index contributed by atoms with van der Waals surface area (Å²) in [6, 6.07) is 11.7. The molecule has 0 aliphatic carbocycles. The van der Waals surface area contributed by atoms with Crippen molar-refractivity contribution in [3.05, 3.63) is 53.6 Å². The Morgan fingerprint density at radius 1 is 1.12 bits per heavy atom. The number of ether oxygens (including phenoxy) is 1. The van der Waals surface area contributed by atoms with Gasteiger partial charge in [-0.2, -0.15) is 4.72 Å². The number of halogens is 1. The van der Waals surface area contributed by atoms with Crippen LogP contribution in [-0.4, -0.2) is 27.5 Å². The molecule has 26 heavy (non-hydrogen) atoms. The first-order chi connectivity index (χ1) is 12.2. The van der Waals surface area contributed by atoms with Crippen molar-refractivity contribution in [2.75, 3.05) is 12.4 Å². The molecule has 0 spiro atoms. The molecule has 0 saturated carbocycles. The zero-order valence-corrected chi connectivity index (χ0v) is 16.3. The van der Waals surface area contributed by atoms with E-state index in [2.05, 4.69) is 10.0 Å². The lowest BCUT2D eigenvalue weighted by atomic mass is 10.0. The molecule has 2 rings (SSSR count). The Labute approximate surface area is 158 Å². The van der Waals surface area contributed by atoms with Crippen molar-refractivity contribution >= 4 is 33.2 Å². The second kappa shape index (κ2) is 8.53. The van der Waals surface area contributed by atoms with Gasteiger partial charge in [-0.1, -0.05) is 31.5 Å². The number of hydrogen-bond donors (Lipinski definition) is 2. The molecule has 2 N–H and O–H groups in total. The van der Waals surface area contributed by atoms with Crippen LogP contribution in [0, 0.1) is 5.92 Å². The van der Waals surface area contributed by atoms with Gasteiger partial charge >= 0.3 is 0 Å². The lowest BCUT2D eigenvalue weighted by molar-refractivity contribution is -0.118. The van der Waals surface area contributed by atoms with Crippen LogP contribution in [-0.2, 0) is 14.8 Å². The molecule has 8 heteroatoms. The molecule has 0 radical (unpaired) electrons. The number of benzene rings is 2. The summed E-state index contributed by atoms with van der Waals surface area (Å²) in [5.74, 6) is -0.0527. The molecular weight excluding hydrogens is 376 g/mol. The molecule has 0 saturated heterocycles. The molecular formula is C18H21ClN2O4S. The SMILES string of the molecule is COc1ccc(NC(=O)C(NS(=O)(=O)c2cccc(Cl)c2)C(C)C)cc1. The van der Waals surface area contributed by atoms with E-state index < -0.39 is 22.0 Å². The third-order valence-electron chi connectivity index (χ3n) is 3.70. The van der Waals surface area contributed by atoms with Crippen molar-refractivity contribution in [3.8, 4) is 5.75 Å². The Morgan fingerprint density at radius 2 is 1.77 bits per heavy atom. The van der Waals surface area contributed by atoms with Crippen LogP contribution in [0.4, 0.5) is 5.69 Å². The van der Waals surface area contributed by atoms with E-state index in [1.54, 1.807) is 57.4 Å². The quantitative estimate of drug-likeness (QED) is 0.752. The first-order valence-corrected chi connectivity index (χ1v) is 9.82. The molecule has 2 aromatic carbocycles. The Hall–Kier alpha value is -2.09. The molecule has 140 valence electrons. The second-order valence-electron chi connectivity index (χ2n) is 6.02. The number of carbonyl (C=O) groups excluding carboxylic acids is 1. The summed E-state index contributed by atoms with van der Waals surface area (Å²) >= 11 is 5.86. The highest BCUT2D eigenvalue weighted by atomic mass is 35.5. The van der Waals surface area contributed by atoms with Crippen molar-refractivity contribution in [1.29, 1.82) is 0 Å². The first kappa shape index (κ1) is 20.2. The van der Waals surface area contributed by atoms with Gasteiger partial charge in [0.1, 0.15) is 11.8 Å². The van der Waals surface area contributed by atoms with Crippen LogP contribution < -0.4 is 14.8 Å². The largest absolute Gasteiger partial charge is 0.497 e. The fraction of sp³-hybridized carbons (Fsp3) is 0.278. The fourth-order valence-electron chi connectivity index (χ4n) is 2.26. The average molecular weight is 397 g/mol. The molecule has 6 nitrogen and oxygen atoms in total. The summed E-state index contributed by atoms with van der Waals surface area (Å²) in [7, 11) is -2.34. The van der Waals surface area contributed by atoms with Gasteiger partial charge in [0.25, 0.3) is 0 Å². The Morgan fingerprint density at radius 3 is 2.31 bits per heavy atom. The maximum absolute atomic E-state index is 12.6. The van der Waals surface area contributed by atoms with Gasteiger partial charge in [0.15, 0.2) is 0 Å². The molecule has 1 unspecified atom stereocenters. The van der Waals surface area contributed by atoms with Gasteiger partial charge < -0.3 is 10.1 Å². The highest BCUT2D eigenvalue weighted by Gasteiger charge is 2.28. The number of rotatable bonds is 7. The summed E-state index contributed by atoms with van der Waals surface area (Å²) in [6.07, 6.45) is 0. The normalized spacial score (nSPS) is 12.7. The number of sulfonamides is 1. The topological polar surface area (TPSA) is 84.5 Å². The number of amides is 1. The van der Waals surface area contributed by atoms with Crippen molar-refractivity contribution in [3.63, 3.8) is 0 Å². The molecule has 0 bridgehead atoms. The molecule has 2 aromatic rings. The fourth-order valence-corrected chi connectivity index (χ4v) is 3.90. The number of hydrogen-bond acceptors (Lipinski definition) is 4. The van der Waals surface area contributed by atoms with E-state index >= 15 is 0 Å². The van der Waals surface area contributed by atoms with Crippen molar-refractivity contribution in [2.24, 2.45) is 5.92 Å². The standard InChI is InChI=1S/C18H21ClN2O4S/c1-12(2)17(18(22)20-14-7-9-15(25-3)10-8-14)21-26(23,24)16-6-4-5-13(19)11-16/h4-12,17,21H,1-3H3,(H,20,22). The third-order valence-corrected chi connectivity index (χ3v) is 5.37. The Kier molecular flexibility index (Phi) is 6.63. The van der Waals surface area contributed by atoms with E-state index in [0.29, 0.717) is 16.5 Å². The van der Waals surface area contributed by atoms with Gasteiger partial charge in [0.2, 0.25) is 15.9 Å². The van der Waals surface area contributed by atoms with Crippen LogP contribution in [0.1, 0.15) is 13.8 Å². The summed E-state index contributed by atoms with van der Waals surface area (Å²) in [4.78, 5) is 12.6. The highest BCUT2D eigenvalue weighted by Crippen LogP contribution is 2.19. The van der Waals surface area contributed by atoms with E-state index in [9.17, 15) is 13.2 Å². The van der Waals surface area contributed by atoms with E-state index in [1.807, 2.05) is 0 Å². The lowest BCUT2D eigenvalue weighted by Gasteiger charge is -2.21. The Balaban J connectivity index is 2.18. The zero-order valence-electron chi connectivity index (χ0n) is 14.7. The van der Waals surface area contributed by atoms with Crippen LogP contribution in [0.3, 0.4) is 0 Å². The molecule has 1 atom stereocenters. The van der Waals surface area contributed by atoms with E-state index in [1.165, 1.54) is 12.1 Å². The predicted octanol–water partition coefficient (Wildman–Crippen LogP) is 3.29. The number of nitrogens with one attached hydrogen (secondary N) is 2. The van der Waals surface area contributed by atoms with Gasteiger partial charge in [0, 0.05) is 10.7 Å². The average Bonchev–Trinajstić information content (AvgIpc) is 2.60. The maximum atomic E-state index is 12.6. The first-order valence-electron chi connectivity index (χ1n) is 7.96. The predicted molar refractivity (Wildman–Crippen MR) is 102 cm³/mol. The second-order valence-corrected chi connectivity index (χ2v) is 8.17. The van der Waals surface area contributed by atoms with Gasteiger partial charge in [0.05, 0.1) is 12.0 Å². The Bertz CT molecular complexity index is 867. The summed E-state index contributed by atoms with van der Waals surface area (Å²) in [6.45, 7) is 3.53. The van der Waals surface area contributed by atoms with Crippen molar-refractivity contribution in [1.82, 2.24) is 4.72 Å². The van der Waals surface area contributed by atoms with Gasteiger partial charge in [-0.05, 0) is 48.4 Å². The van der Waals surface area contributed by atoms with Crippen LogP contribution >= 0.6 is 11.6 Å². The molecule has 1 amide bonds. The van der Waals surface area contributed by atoms with E-state index in [-0.39, 0.29) is 10.8 Å². The smallest absolute Gasteiger partial charge is 0.242 e. The molecule has 0 aliphatic rings. The molecule has 0 fully saturated rings. The maximum Gasteiger partial charge on any atom is 0.242 e. The van der Waals surface area contributed by atoms with E-state index in [0.717, 1.165) is 0 Å². The molecule has 0 heterocycles.